The monoisotopic (exact) mass is 329 g/mol. The van der Waals surface area contributed by atoms with Crippen LogP contribution in [-0.4, -0.2) is 24.5 Å². The van der Waals surface area contributed by atoms with Gasteiger partial charge in [0.15, 0.2) is 5.76 Å². The number of aromatic nitrogens is 1. The lowest BCUT2D eigenvalue weighted by atomic mass is 10.0. The van der Waals surface area contributed by atoms with Gasteiger partial charge in [-0.15, -0.1) is 0 Å². The third-order valence-electron chi connectivity index (χ3n) is 3.71. The molecule has 0 unspecified atom stereocenters. The van der Waals surface area contributed by atoms with Crippen LogP contribution in [0, 0.1) is 5.82 Å². The number of halogens is 1. The molecule has 5 nitrogen and oxygen atoms in total. The lowest BCUT2D eigenvalue weighted by Gasteiger charge is -2.09. The van der Waals surface area contributed by atoms with Crippen LogP contribution in [-0.2, 0) is 6.61 Å². The summed E-state index contributed by atoms with van der Waals surface area (Å²) in [5.41, 5.74) is 2.21. The summed E-state index contributed by atoms with van der Waals surface area (Å²) < 4.78 is 29.1. The Morgan fingerprint density at radius 1 is 1.08 bits per heavy atom. The van der Waals surface area contributed by atoms with Crippen molar-refractivity contribution in [2.75, 3.05) is 14.2 Å². The van der Waals surface area contributed by atoms with Gasteiger partial charge < -0.3 is 19.1 Å². The lowest BCUT2D eigenvalue weighted by Crippen LogP contribution is -1.94. The molecule has 0 aliphatic heterocycles. The predicted molar refractivity (Wildman–Crippen MR) is 86.4 cm³/mol. The second-order valence-corrected chi connectivity index (χ2v) is 5.07. The molecule has 0 fully saturated rings. The molecule has 0 amide bonds. The quantitative estimate of drug-likeness (QED) is 0.774. The number of ether oxygens (including phenoxy) is 2. The number of rotatable bonds is 5. The predicted octanol–water partition coefficient (Wildman–Crippen LogP) is 3.66. The Bertz CT molecular complexity index is 843. The number of aliphatic hydroxyl groups is 1. The summed E-state index contributed by atoms with van der Waals surface area (Å²) >= 11 is 0. The first kappa shape index (κ1) is 16.0. The van der Waals surface area contributed by atoms with Crippen molar-refractivity contribution < 1.29 is 23.5 Å². The van der Waals surface area contributed by atoms with Crippen molar-refractivity contribution in [2.24, 2.45) is 0 Å². The average Bonchev–Trinajstić information content (AvgIpc) is 3.05. The zero-order chi connectivity index (χ0) is 17.1. The second kappa shape index (κ2) is 6.72. The molecule has 6 heteroatoms. The summed E-state index contributed by atoms with van der Waals surface area (Å²) in [5, 5.41) is 13.9. The molecule has 0 aliphatic carbocycles. The molecule has 0 atom stereocenters. The first-order valence-corrected chi connectivity index (χ1v) is 7.25. The number of hydrogen-bond donors (Lipinski definition) is 1. The molecule has 1 aromatic heterocycles. The number of methoxy groups -OCH3 is 2. The van der Waals surface area contributed by atoms with Crippen LogP contribution in [0.15, 0.2) is 47.0 Å². The van der Waals surface area contributed by atoms with E-state index in [2.05, 4.69) is 5.16 Å². The first-order valence-electron chi connectivity index (χ1n) is 7.25. The fraction of sp³-hybridized carbons (Fsp3) is 0.167. The van der Waals surface area contributed by atoms with E-state index in [4.69, 9.17) is 14.0 Å². The molecule has 124 valence electrons. The van der Waals surface area contributed by atoms with Gasteiger partial charge in [0.05, 0.1) is 26.4 Å². The smallest absolute Gasteiger partial charge is 0.173 e. The lowest BCUT2D eigenvalue weighted by molar-refractivity contribution is 0.281. The molecule has 0 radical (unpaired) electrons. The Labute approximate surface area is 138 Å². The Kier molecular flexibility index (Phi) is 4.48. The van der Waals surface area contributed by atoms with Crippen molar-refractivity contribution in [2.45, 2.75) is 6.61 Å². The van der Waals surface area contributed by atoms with Crippen LogP contribution in [0.5, 0.6) is 11.5 Å². The third kappa shape index (κ3) is 2.83. The van der Waals surface area contributed by atoms with E-state index in [1.807, 2.05) is 0 Å². The number of nitrogens with zero attached hydrogens (tertiary/aromatic N) is 1. The van der Waals surface area contributed by atoms with Gasteiger partial charge in [-0.2, -0.15) is 0 Å². The molecule has 2 aromatic carbocycles. The van der Waals surface area contributed by atoms with Crippen LogP contribution in [0.25, 0.3) is 22.6 Å². The Hall–Kier alpha value is -2.86. The van der Waals surface area contributed by atoms with E-state index >= 15 is 0 Å². The molecule has 1 heterocycles. The van der Waals surface area contributed by atoms with E-state index in [-0.39, 0.29) is 12.4 Å². The van der Waals surface area contributed by atoms with Gasteiger partial charge in [-0.25, -0.2) is 4.39 Å². The zero-order valence-electron chi connectivity index (χ0n) is 13.2. The van der Waals surface area contributed by atoms with Crippen molar-refractivity contribution in [3.05, 3.63) is 53.8 Å². The number of aliphatic hydroxyl groups excluding tert-OH is 1. The van der Waals surface area contributed by atoms with Crippen LogP contribution < -0.4 is 9.47 Å². The van der Waals surface area contributed by atoms with E-state index in [1.54, 1.807) is 44.6 Å². The van der Waals surface area contributed by atoms with Gasteiger partial charge in [0, 0.05) is 11.1 Å². The van der Waals surface area contributed by atoms with Gasteiger partial charge in [0.25, 0.3) is 0 Å². The van der Waals surface area contributed by atoms with Gasteiger partial charge in [0.1, 0.15) is 23.0 Å². The van der Waals surface area contributed by atoms with Crippen LogP contribution in [0.3, 0.4) is 0 Å². The molecule has 0 bridgehead atoms. The van der Waals surface area contributed by atoms with Gasteiger partial charge >= 0.3 is 0 Å². The van der Waals surface area contributed by atoms with Crippen LogP contribution in [0.2, 0.25) is 0 Å². The van der Waals surface area contributed by atoms with Crippen molar-refractivity contribution in [1.82, 2.24) is 5.16 Å². The minimum atomic E-state index is -0.349. The highest BCUT2D eigenvalue weighted by Gasteiger charge is 2.21. The minimum absolute atomic E-state index is 0.286. The standard InChI is InChI=1S/C18H16FNO4/c1-22-13-7-8-16(23-2)14(9-13)17-15(10-21)18(24-20-17)11-3-5-12(19)6-4-11/h3-9,21H,10H2,1-2H3. The van der Waals surface area contributed by atoms with Crippen LogP contribution in [0.4, 0.5) is 4.39 Å². The van der Waals surface area contributed by atoms with E-state index in [0.717, 1.165) is 0 Å². The number of hydrogen-bond acceptors (Lipinski definition) is 5. The average molecular weight is 329 g/mol. The largest absolute Gasteiger partial charge is 0.497 e. The summed E-state index contributed by atoms with van der Waals surface area (Å²) in [6.45, 7) is -0.286. The Morgan fingerprint density at radius 2 is 1.83 bits per heavy atom. The van der Waals surface area contributed by atoms with Crippen molar-refractivity contribution in [1.29, 1.82) is 0 Å². The van der Waals surface area contributed by atoms with Crippen molar-refractivity contribution in [3.63, 3.8) is 0 Å². The summed E-state index contributed by atoms with van der Waals surface area (Å²) in [4.78, 5) is 0. The van der Waals surface area contributed by atoms with Gasteiger partial charge in [0.2, 0.25) is 0 Å². The maximum atomic E-state index is 13.1. The molecule has 0 saturated carbocycles. The fourth-order valence-corrected chi connectivity index (χ4v) is 2.49. The minimum Gasteiger partial charge on any atom is -0.497 e. The normalized spacial score (nSPS) is 10.7. The zero-order valence-corrected chi connectivity index (χ0v) is 13.2. The molecule has 0 spiro atoms. The van der Waals surface area contributed by atoms with Crippen molar-refractivity contribution in [3.8, 4) is 34.1 Å². The number of benzene rings is 2. The second-order valence-electron chi connectivity index (χ2n) is 5.07. The summed E-state index contributed by atoms with van der Waals surface area (Å²) in [6, 6.07) is 11.1. The highest BCUT2D eigenvalue weighted by Crippen LogP contribution is 2.38. The molecular formula is C18H16FNO4. The van der Waals surface area contributed by atoms with Gasteiger partial charge in [-0.05, 0) is 42.5 Å². The fourth-order valence-electron chi connectivity index (χ4n) is 2.49. The maximum absolute atomic E-state index is 13.1. The van der Waals surface area contributed by atoms with E-state index in [1.165, 1.54) is 12.1 Å². The Balaban J connectivity index is 2.15. The molecule has 0 aliphatic rings. The topological polar surface area (TPSA) is 64.7 Å². The summed E-state index contributed by atoms with van der Waals surface area (Å²) in [7, 11) is 3.11. The molecule has 3 aromatic rings. The van der Waals surface area contributed by atoms with Crippen LogP contribution in [0.1, 0.15) is 5.56 Å². The van der Waals surface area contributed by atoms with E-state index < -0.39 is 0 Å². The van der Waals surface area contributed by atoms with Gasteiger partial charge in [-0.3, -0.25) is 0 Å². The highest BCUT2D eigenvalue weighted by molar-refractivity contribution is 5.77. The summed E-state index contributed by atoms with van der Waals surface area (Å²) in [6.07, 6.45) is 0. The van der Waals surface area contributed by atoms with Gasteiger partial charge in [-0.1, -0.05) is 5.16 Å². The first-order chi connectivity index (χ1) is 11.7. The highest BCUT2D eigenvalue weighted by atomic mass is 19.1. The molecular weight excluding hydrogens is 313 g/mol. The summed E-state index contributed by atoms with van der Waals surface area (Å²) in [5.74, 6) is 1.24. The van der Waals surface area contributed by atoms with Crippen molar-refractivity contribution >= 4 is 0 Å². The molecule has 3 rings (SSSR count). The molecule has 24 heavy (non-hydrogen) atoms. The Morgan fingerprint density at radius 3 is 2.46 bits per heavy atom. The molecule has 1 N–H and O–H groups in total. The van der Waals surface area contributed by atoms with E-state index in [9.17, 15) is 9.50 Å². The third-order valence-corrected chi connectivity index (χ3v) is 3.71. The SMILES string of the molecule is COc1ccc(OC)c(-c2noc(-c3ccc(F)cc3)c2CO)c1. The van der Waals surface area contributed by atoms with E-state index in [0.29, 0.717) is 39.6 Å². The van der Waals surface area contributed by atoms with Crippen LogP contribution >= 0.6 is 0 Å². The maximum Gasteiger partial charge on any atom is 0.173 e. The molecule has 0 saturated heterocycles.